The van der Waals surface area contributed by atoms with Gasteiger partial charge < -0.3 is 24.6 Å². The number of fused-ring (bicyclic) bond motifs is 1. The van der Waals surface area contributed by atoms with Gasteiger partial charge in [-0.05, 0) is 69.7 Å². The molecule has 1 saturated carbocycles. The minimum Gasteiger partial charge on any atom is -0.481 e. The second kappa shape index (κ2) is 15.8. The van der Waals surface area contributed by atoms with Crippen LogP contribution in [0, 0.1) is 5.92 Å². The first-order valence-corrected chi connectivity index (χ1v) is 18.6. The lowest BCUT2D eigenvalue weighted by Gasteiger charge is -2.44. The van der Waals surface area contributed by atoms with E-state index in [9.17, 15) is 23.9 Å². The van der Waals surface area contributed by atoms with Crippen LogP contribution in [0.15, 0.2) is 42.6 Å². The standard InChI is InChI=1S/C38H48Cl2FN5O5/c1-38(2,23-41)45-14-12-44(13-15-45)26-18-27(22-51-28-10-8-24(9-11-28)37(49)50)46(20-26)35(47)17-25-16-32(40)33(19-31(25)39)42-36(48)30-21-43(3)34-7-5-4-6-29(30)34/h4-7,16,19,21,24,26-28H,8-15,17-18,20,22-23H2,1-3H3,(H,42,48)(H,49,50)/t24?,26-,27-,28?/m0/s1. The lowest BCUT2D eigenvalue weighted by molar-refractivity contribution is -0.144. The minimum absolute atomic E-state index is 0.0293. The lowest BCUT2D eigenvalue weighted by atomic mass is 9.87. The van der Waals surface area contributed by atoms with Crippen LogP contribution < -0.4 is 5.32 Å². The fourth-order valence-corrected chi connectivity index (χ4v) is 8.38. The third kappa shape index (κ3) is 8.38. The summed E-state index contributed by atoms with van der Waals surface area (Å²) in [4.78, 5) is 45.3. The van der Waals surface area contributed by atoms with Crippen LogP contribution in [0.5, 0.6) is 0 Å². The predicted molar refractivity (Wildman–Crippen MR) is 197 cm³/mol. The van der Waals surface area contributed by atoms with Crippen LogP contribution in [0.1, 0.15) is 61.9 Å². The minimum atomic E-state index is -0.752. The van der Waals surface area contributed by atoms with Crippen molar-refractivity contribution in [2.24, 2.45) is 13.0 Å². The Morgan fingerprint density at radius 1 is 1.02 bits per heavy atom. The Morgan fingerprint density at radius 3 is 2.41 bits per heavy atom. The van der Waals surface area contributed by atoms with Gasteiger partial charge in [-0.15, -0.1) is 0 Å². The Morgan fingerprint density at radius 2 is 1.73 bits per heavy atom. The summed E-state index contributed by atoms with van der Waals surface area (Å²) < 4.78 is 21.9. The van der Waals surface area contributed by atoms with Crippen LogP contribution in [0.25, 0.3) is 10.9 Å². The number of alkyl halides is 1. The van der Waals surface area contributed by atoms with Crippen molar-refractivity contribution >= 4 is 57.6 Å². The average molecular weight is 745 g/mol. The fourth-order valence-electron chi connectivity index (χ4n) is 7.92. The van der Waals surface area contributed by atoms with Gasteiger partial charge in [-0.25, -0.2) is 4.39 Å². The molecule has 276 valence electrons. The third-order valence-electron chi connectivity index (χ3n) is 11.1. The maximum absolute atomic E-state index is 14.0. The van der Waals surface area contributed by atoms with Gasteiger partial charge in [0.05, 0.1) is 47.4 Å². The number of hydrogen-bond acceptors (Lipinski definition) is 6. The summed E-state index contributed by atoms with van der Waals surface area (Å²) in [6, 6.07) is 10.9. The molecule has 0 radical (unpaired) electrons. The Kier molecular flexibility index (Phi) is 11.6. The molecule has 3 fully saturated rings. The number of nitrogens with one attached hydrogen (secondary N) is 1. The van der Waals surface area contributed by atoms with Gasteiger partial charge in [0.1, 0.15) is 6.67 Å². The van der Waals surface area contributed by atoms with Crippen molar-refractivity contribution in [3.63, 3.8) is 0 Å². The summed E-state index contributed by atoms with van der Waals surface area (Å²) in [5, 5.41) is 13.7. The number of carbonyl (C=O) groups is 3. The molecule has 3 aliphatic rings. The molecule has 3 heterocycles. The second-order valence-corrected chi connectivity index (χ2v) is 15.7. The predicted octanol–water partition coefficient (Wildman–Crippen LogP) is 6.28. The van der Waals surface area contributed by atoms with Gasteiger partial charge in [-0.3, -0.25) is 24.2 Å². The number of carboxylic acids is 1. The van der Waals surface area contributed by atoms with Crippen molar-refractivity contribution in [1.29, 1.82) is 0 Å². The molecular weight excluding hydrogens is 696 g/mol. The van der Waals surface area contributed by atoms with E-state index in [0.717, 1.165) is 43.5 Å². The van der Waals surface area contributed by atoms with Crippen LogP contribution in [0.3, 0.4) is 0 Å². The Labute approximate surface area is 308 Å². The largest absolute Gasteiger partial charge is 0.481 e. The van der Waals surface area contributed by atoms with Gasteiger partial charge in [0.15, 0.2) is 0 Å². The summed E-state index contributed by atoms with van der Waals surface area (Å²) in [5.41, 5.74) is 1.86. The molecule has 1 aliphatic carbocycles. The zero-order valence-corrected chi connectivity index (χ0v) is 31.1. The van der Waals surface area contributed by atoms with Crippen molar-refractivity contribution in [2.75, 3.05) is 51.3 Å². The molecule has 51 heavy (non-hydrogen) atoms. The average Bonchev–Trinajstić information content (AvgIpc) is 3.71. The number of benzene rings is 2. The molecule has 2 atom stereocenters. The number of ether oxygens (including phenoxy) is 1. The normalized spacial score (nSPS) is 23.5. The molecule has 0 spiro atoms. The summed E-state index contributed by atoms with van der Waals surface area (Å²) in [7, 11) is 1.89. The molecule has 2 amide bonds. The van der Waals surface area contributed by atoms with E-state index in [1.54, 1.807) is 18.3 Å². The van der Waals surface area contributed by atoms with Crippen molar-refractivity contribution < 1.29 is 28.6 Å². The number of carboxylic acid groups (broad SMARTS) is 1. The topological polar surface area (TPSA) is 107 Å². The molecule has 2 N–H and O–H groups in total. The van der Waals surface area contributed by atoms with Crippen LogP contribution >= 0.6 is 23.2 Å². The Bertz CT molecular complexity index is 1750. The molecule has 0 unspecified atom stereocenters. The molecule has 1 aromatic heterocycles. The summed E-state index contributed by atoms with van der Waals surface area (Å²) in [5.74, 6) is -1.49. The van der Waals surface area contributed by atoms with Crippen LogP contribution in [-0.2, 0) is 27.8 Å². The molecular formula is C38H48Cl2FN5O5. The number of anilines is 1. The van der Waals surface area contributed by atoms with E-state index in [2.05, 4.69) is 15.1 Å². The van der Waals surface area contributed by atoms with Gasteiger partial charge in [0, 0.05) is 73.5 Å². The van der Waals surface area contributed by atoms with Gasteiger partial charge >= 0.3 is 5.97 Å². The second-order valence-electron chi connectivity index (χ2n) is 14.9. The summed E-state index contributed by atoms with van der Waals surface area (Å²) in [6.07, 6.45) is 5.07. The number of carbonyl (C=O) groups excluding carboxylic acids is 2. The number of hydrogen-bond donors (Lipinski definition) is 2. The zero-order valence-electron chi connectivity index (χ0n) is 29.5. The lowest BCUT2D eigenvalue weighted by Crippen LogP contribution is -2.57. The molecule has 2 aromatic carbocycles. The highest BCUT2D eigenvalue weighted by molar-refractivity contribution is 6.36. The van der Waals surface area contributed by atoms with E-state index < -0.39 is 18.2 Å². The Balaban J connectivity index is 1.13. The number of piperazine rings is 1. The van der Waals surface area contributed by atoms with E-state index in [1.165, 1.54) is 0 Å². The number of aromatic nitrogens is 1. The third-order valence-corrected chi connectivity index (χ3v) is 11.8. The molecule has 2 aliphatic heterocycles. The van der Waals surface area contributed by atoms with Crippen molar-refractivity contribution in [2.45, 2.75) is 76.1 Å². The zero-order chi connectivity index (χ0) is 36.4. The SMILES string of the molecule is Cn1cc(C(=O)Nc2cc(Cl)c(CC(=O)N3C[C@@H](N4CCN(C(C)(C)CF)CC4)C[C@H]3COC3CCC(C(=O)O)CC3)cc2Cl)c2ccccc21. The van der Waals surface area contributed by atoms with E-state index in [-0.39, 0.29) is 47.4 Å². The van der Waals surface area contributed by atoms with Crippen LogP contribution in [0.4, 0.5) is 10.1 Å². The fraction of sp³-hybridized carbons (Fsp3) is 0.553. The van der Waals surface area contributed by atoms with Gasteiger partial charge in [-0.2, -0.15) is 0 Å². The molecule has 3 aromatic rings. The number of aryl methyl sites for hydroxylation is 1. The molecule has 10 nitrogen and oxygen atoms in total. The monoisotopic (exact) mass is 743 g/mol. The number of nitrogens with zero attached hydrogens (tertiary/aromatic N) is 4. The van der Waals surface area contributed by atoms with E-state index >= 15 is 0 Å². The maximum atomic E-state index is 14.0. The van der Waals surface area contributed by atoms with E-state index in [4.69, 9.17) is 27.9 Å². The van der Waals surface area contributed by atoms with Crippen molar-refractivity contribution in [3.05, 3.63) is 63.8 Å². The summed E-state index contributed by atoms with van der Waals surface area (Å²) in [6.45, 7) is 7.45. The number of para-hydroxylation sites is 1. The van der Waals surface area contributed by atoms with Crippen LogP contribution in [-0.4, -0.2) is 112 Å². The Hall–Kier alpha value is -3.22. The number of halogens is 3. The first-order chi connectivity index (χ1) is 24.3. The van der Waals surface area contributed by atoms with E-state index in [0.29, 0.717) is 60.7 Å². The highest BCUT2D eigenvalue weighted by Gasteiger charge is 2.41. The maximum Gasteiger partial charge on any atom is 0.306 e. The van der Waals surface area contributed by atoms with Crippen molar-refractivity contribution in [3.8, 4) is 0 Å². The highest BCUT2D eigenvalue weighted by atomic mass is 35.5. The number of likely N-dealkylation sites (tertiary alicyclic amines) is 1. The van der Waals surface area contributed by atoms with Gasteiger partial charge in [0.2, 0.25) is 5.91 Å². The van der Waals surface area contributed by atoms with Crippen LogP contribution in [0.2, 0.25) is 10.0 Å². The molecule has 13 heteroatoms. The smallest absolute Gasteiger partial charge is 0.306 e. The van der Waals surface area contributed by atoms with E-state index in [1.807, 2.05) is 54.6 Å². The quantitative estimate of drug-likeness (QED) is 0.238. The highest BCUT2D eigenvalue weighted by Crippen LogP contribution is 2.33. The molecule has 2 saturated heterocycles. The first-order valence-electron chi connectivity index (χ1n) is 17.9. The number of rotatable bonds is 11. The molecule has 0 bridgehead atoms. The van der Waals surface area contributed by atoms with Crippen molar-refractivity contribution in [1.82, 2.24) is 19.3 Å². The first kappa shape index (κ1) is 37.5. The van der Waals surface area contributed by atoms with Gasteiger partial charge in [-0.1, -0.05) is 41.4 Å². The number of amides is 2. The van der Waals surface area contributed by atoms with Gasteiger partial charge in [0.25, 0.3) is 5.91 Å². The molecule has 6 rings (SSSR count). The summed E-state index contributed by atoms with van der Waals surface area (Å²) >= 11 is 13.4. The number of aliphatic carboxylic acids is 1.